The monoisotopic (exact) mass is 445 g/mol. The Morgan fingerprint density at radius 1 is 0.793 bits per heavy atom. The molecule has 0 fully saturated rings. The van der Waals surface area contributed by atoms with Crippen molar-refractivity contribution in [1.29, 1.82) is 0 Å². The van der Waals surface area contributed by atoms with Gasteiger partial charge < -0.3 is 0 Å². The third kappa shape index (κ3) is 3.14. The zero-order valence-corrected chi connectivity index (χ0v) is 17.6. The molecule has 0 saturated heterocycles. The van der Waals surface area contributed by atoms with Gasteiger partial charge in [-0.15, -0.1) is 0 Å². The molecule has 1 atom stereocenters. The van der Waals surface area contributed by atoms with Gasteiger partial charge in [0.25, 0.3) is 5.91 Å². The highest BCUT2D eigenvalue weighted by atomic mass is 79.9. The van der Waals surface area contributed by atoms with Crippen LogP contribution in [0.15, 0.2) is 96.6 Å². The zero-order valence-electron chi connectivity index (χ0n) is 16.0. The van der Waals surface area contributed by atoms with Gasteiger partial charge in [-0.1, -0.05) is 102 Å². The summed E-state index contributed by atoms with van der Waals surface area (Å²) in [4.78, 5) is 29.3. The van der Waals surface area contributed by atoms with E-state index in [-0.39, 0.29) is 11.7 Å². The average Bonchev–Trinajstić information content (AvgIpc) is 2.79. The first-order valence-electron chi connectivity index (χ1n) is 9.56. The molecule has 29 heavy (non-hydrogen) atoms. The van der Waals surface area contributed by atoms with Crippen LogP contribution >= 0.6 is 15.9 Å². The van der Waals surface area contributed by atoms with E-state index >= 15 is 0 Å². The number of allylic oxidation sites excluding steroid dienone is 1. The number of carbonyl (C=O) groups is 2. The van der Waals surface area contributed by atoms with Crippen LogP contribution in [0.2, 0.25) is 0 Å². The summed E-state index contributed by atoms with van der Waals surface area (Å²) in [6, 6.07) is 28.3. The lowest BCUT2D eigenvalue weighted by Gasteiger charge is -2.40. The maximum Gasteiger partial charge on any atom is 0.261 e. The van der Waals surface area contributed by atoms with Gasteiger partial charge in [-0.25, -0.2) is 0 Å². The Hall–Kier alpha value is -2.98. The van der Waals surface area contributed by atoms with Gasteiger partial charge >= 0.3 is 0 Å². The van der Waals surface area contributed by atoms with Gasteiger partial charge in [0.2, 0.25) is 0 Å². The summed E-state index contributed by atoms with van der Waals surface area (Å²) in [5, 5.41) is 0. The van der Waals surface area contributed by atoms with E-state index in [1.807, 2.05) is 97.9 Å². The smallest absolute Gasteiger partial charge is 0.261 e. The van der Waals surface area contributed by atoms with Crippen LogP contribution in [0, 0.1) is 0 Å². The number of Topliss-reactive ketones (excluding diaryl/α,β-unsaturated/α-hetero) is 1. The average molecular weight is 446 g/mol. The minimum absolute atomic E-state index is 0.206. The fraction of sp³-hybridized carbons (Fsp3) is 0.120. The standard InChI is InChI=1S/C25H20BrNO2/c1-2-21-22(18-12-6-3-7-13-18)27(20-16-10-5-11-17-20)24(29)25(26,23(21)28)19-14-8-4-9-15-19/h3-17H,2H2,1H3. The minimum Gasteiger partial charge on any atom is -0.292 e. The van der Waals surface area contributed by atoms with Crippen molar-refractivity contribution in [3.63, 3.8) is 0 Å². The zero-order chi connectivity index (χ0) is 20.4. The highest BCUT2D eigenvalue weighted by Crippen LogP contribution is 2.46. The van der Waals surface area contributed by atoms with Crippen molar-refractivity contribution >= 4 is 39.0 Å². The molecular formula is C25H20BrNO2. The normalized spacial score (nSPS) is 19.6. The van der Waals surface area contributed by atoms with E-state index in [0.717, 1.165) is 11.3 Å². The molecule has 0 N–H and O–H groups in total. The first-order valence-corrected chi connectivity index (χ1v) is 10.4. The number of ketones is 1. The molecule has 0 saturated carbocycles. The van der Waals surface area contributed by atoms with Crippen LogP contribution in [0.3, 0.4) is 0 Å². The Morgan fingerprint density at radius 2 is 1.31 bits per heavy atom. The molecule has 3 aromatic carbocycles. The molecule has 4 heteroatoms. The lowest BCUT2D eigenvalue weighted by Crippen LogP contribution is -2.52. The number of benzene rings is 3. The van der Waals surface area contributed by atoms with Crippen LogP contribution in [0.5, 0.6) is 0 Å². The molecule has 0 radical (unpaired) electrons. The summed E-state index contributed by atoms with van der Waals surface area (Å²) in [5.74, 6) is -0.516. The Bertz CT molecular complexity index is 1080. The van der Waals surface area contributed by atoms with E-state index in [2.05, 4.69) is 15.9 Å². The highest BCUT2D eigenvalue weighted by Gasteiger charge is 2.53. The second-order valence-corrected chi connectivity index (χ2v) is 8.07. The van der Waals surface area contributed by atoms with Gasteiger partial charge in [-0.2, -0.15) is 0 Å². The van der Waals surface area contributed by atoms with Crippen molar-refractivity contribution in [2.45, 2.75) is 17.7 Å². The van der Waals surface area contributed by atoms with Gasteiger partial charge in [0, 0.05) is 11.3 Å². The van der Waals surface area contributed by atoms with Crippen LogP contribution in [-0.2, 0) is 13.9 Å². The maximum absolute atomic E-state index is 13.9. The summed E-state index contributed by atoms with van der Waals surface area (Å²) in [6.07, 6.45) is 0.514. The quantitative estimate of drug-likeness (QED) is 0.380. The van der Waals surface area contributed by atoms with Crippen molar-refractivity contribution in [2.75, 3.05) is 4.90 Å². The van der Waals surface area contributed by atoms with E-state index in [1.165, 1.54) is 0 Å². The summed E-state index contributed by atoms with van der Waals surface area (Å²) in [6.45, 7) is 1.95. The molecule has 0 aromatic heterocycles. The topological polar surface area (TPSA) is 37.4 Å². The second kappa shape index (κ2) is 7.80. The molecule has 0 spiro atoms. The minimum atomic E-state index is -1.45. The number of hydrogen-bond acceptors (Lipinski definition) is 2. The third-order valence-electron chi connectivity index (χ3n) is 5.18. The predicted molar refractivity (Wildman–Crippen MR) is 120 cm³/mol. The van der Waals surface area contributed by atoms with Crippen molar-refractivity contribution in [1.82, 2.24) is 0 Å². The van der Waals surface area contributed by atoms with E-state index < -0.39 is 4.32 Å². The molecule has 144 valence electrons. The van der Waals surface area contributed by atoms with Gasteiger partial charge in [-0.3, -0.25) is 14.5 Å². The van der Waals surface area contributed by atoms with E-state index in [0.29, 0.717) is 23.3 Å². The molecule has 3 nitrogen and oxygen atoms in total. The molecule has 1 heterocycles. The first-order chi connectivity index (χ1) is 14.1. The largest absolute Gasteiger partial charge is 0.292 e. The summed E-state index contributed by atoms with van der Waals surface area (Å²) in [7, 11) is 0. The third-order valence-corrected chi connectivity index (χ3v) is 6.34. The lowest BCUT2D eigenvalue weighted by molar-refractivity contribution is -0.128. The SMILES string of the molecule is CCC1=C(c2ccccc2)N(c2ccccc2)C(=O)C(Br)(c2ccccc2)C1=O. The molecule has 3 aromatic rings. The molecule has 1 unspecified atom stereocenters. The lowest BCUT2D eigenvalue weighted by atomic mass is 9.82. The number of amides is 1. The fourth-order valence-electron chi connectivity index (χ4n) is 3.78. The number of para-hydroxylation sites is 1. The molecule has 1 aliphatic heterocycles. The molecule has 0 aliphatic carbocycles. The molecular weight excluding hydrogens is 426 g/mol. The Kier molecular flexibility index (Phi) is 5.20. The van der Waals surface area contributed by atoms with E-state index in [9.17, 15) is 9.59 Å². The number of halogens is 1. The van der Waals surface area contributed by atoms with Gasteiger partial charge in [0.05, 0.1) is 5.70 Å². The van der Waals surface area contributed by atoms with E-state index in [4.69, 9.17) is 0 Å². The first kappa shape index (κ1) is 19.3. The molecule has 1 aliphatic rings. The van der Waals surface area contributed by atoms with Gasteiger partial charge in [-0.05, 0) is 29.7 Å². The predicted octanol–water partition coefficient (Wildman–Crippen LogP) is 5.71. The molecule has 4 rings (SSSR count). The van der Waals surface area contributed by atoms with Crippen LogP contribution in [0.25, 0.3) is 5.70 Å². The summed E-state index contributed by atoms with van der Waals surface area (Å²) < 4.78 is -1.45. The molecule has 1 amide bonds. The van der Waals surface area contributed by atoms with Crippen LogP contribution in [-0.4, -0.2) is 11.7 Å². The molecule has 0 bridgehead atoms. The van der Waals surface area contributed by atoms with Gasteiger partial charge in [0.1, 0.15) is 0 Å². The summed E-state index contributed by atoms with van der Waals surface area (Å²) >= 11 is 3.58. The van der Waals surface area contributed by atoms with Crippen molar-refractivity contribution < 1.29 is 9.59 Å². The summed E-state index contributed by atoms with van der Waals surface area (Å²) in [5.41, 5.74) is 3.49. The number of carbonyl (C=O) groups excluding carboxylic acids is 2. The number of anilines is 1. The Labute approximate surface area is 178 Å². The van der Waals surface area contributed by atoms with E-state index in [1.54, 1.807) is 4.90 Å². The number of nitrogens with zero attached hydrogens (tertiary/aromatic N) is 1. The van der Waals surface area contributed by atoms with Crippen LogP contribution in [0.1, 0.15) is 24.5 Å². The Morgan fingerprint density at radius 3 is 1.86 bits per heavy atom. The van der Waals surface area contributed by atoms with Crippen LogP contribution in [0.4, 0.5) is 5.69 Å². The van der Waals surface area contributed by atoms with Crippen molar-refractivity contribution in [3.05, 3.63) is 108 Å². The van der Waals surface area contributed by atoms with Gasteiger partial charge in [0.15, 0.2) is 10.1 Å². The second-order valence-electron chi connectivity index (χ2n) is 6.88. The Balaban J connectivity index is 2.03. The van der Waals surface area contributed by atoms with Crippen LogP contribution < -0.4 is 4.90 Å². The van der Waals surface area contributed by atoms with Crippen molar-refractivity contribution in [3.8, 4) is 0 Å². The number of rotatable bonds is 4. The number of alkyl halides is 1. The van der Waals surface area contributed by atoms with Crippen molar-refractivity contribution in [2.24, 2.45) is 0 Å². The fourth-order valence-corrected chi connectivity index (χ4v) is 4.46. The maximum atomic E-state index is 13.9. The number of hydrogen-bond donors (Lipinski definition) is 0. The highest BCUT2D eigenvalue weighted by molar-refractivity contribution is 9.10.